The SMILES string of the molecule is C.C=C1C[C@H](C)C[C@@H]2CC=C[C@@H](CC#CC(=O)O[C@H]([C@@H](O)/C=C/C3CCCCC3)C/C=C/[C@@H](OCOC)C1)O2.C=C[C@H](O)[C@@H]1C/C=C/[C@@H](OCOC)CC(=C)C[C@H](C)C[C@@H]2CC=C[C@@H](CC#CC(=O)O1)O2.Cc1cc(C)c(N2[CH-]N(c3c(C)cc(C)cc3C)CC2)c(C)c1.[B][B]B([B])[B].[CH3-].[Cl][Ru]([Cl])=[CH]c1ccccc1. The molecule has 2 N–H and O–H groups in total. The quantitative estimate of drug-likeness (QED) is 0.0282. The first-order chi connectivity index (χ1) is 51.7. The van der Waals surface area contributed by atoms with E-state index in [1.807, 2.05) is 71.4 Å². The minimum atomic E-state index is -1.61. The van der Waals surface area contributed by atoms with Crippen molar-refractivity contribution in [3.63, 3.8) is 0 Å². The molecule has 5 aliphatic heterocycles. The Balaban J connectivity index is 0.000000393. The summed E-state index contributed by atoms with van der Waals surface area (Å²) in [5, 5.41) is 21.1. The number of aliphatic hydroxyl groups excluding tert-OH is 2. The second kappa shape index (κ2) is 54.9. The van der Waals surface area contributed by atoms with Gasteiger partial charge in [0.2, 0.25) is 0 Å². The standard InChI is InChI=1S/C32H46O6.C26H36O6.C21H27N2.C7H6.CH4.CH3.B5.2ClH.Ru/c1-24-20-25(2)22-29-15-7-12-27(37-29)13-9-17-32(34)38-31(16-8-14-28(21-24)36-23-35-3)30(33)19-18-26-10-5-4-6-11-26;1-5-24(27)25-13-7-11-22(30-18-29-4)16-19(2)15-20(3)17-23-12-6-9-21(31-23)10-8-14-26(28)32-25;1-14-9-16(3)20(17(4)10-14)22-7-8-23(13-22)21-18(5)11-15(2)12-19(21)6;1-7-5-3-2-4-6-7;;;1-4-5(2)3;;;/h7-8,12,14,18-19,25-31,33H,1,4-6,10-11,13,15-16,20-23H2,2-3H3;5-7,9,11,20-25,27H,1-2,10,12-13,15-18H2,3-4H3;9-13H,7-8H2,1-6H3;1-6H;1H4;1H3;;2*1H;/q;;-1;;;-1;;;;+2/p-2/b14-8+,19-18+;11-7+;;;;;;;;/t25-,27-,28+,29-,30-,31-;20-,21-,22+,23-,24-,25-;;;;;;;;/m00......../s1. The summed E-state index contributed by atoms with van der Waals surface area (Å²) in [5.41, 5.74) is 14.2. The minimum absolute atomic E-state index is 0. The predicted molar refractivity (Wildman–Crippen MR) is 458 cm³/mol. The number of halogens is 2. The number of carbonyl (C=O) groups is 2. The van der Waals surface area contributed by atoms with Gasteiger partial charge in [0.1, 0.15) is 38.0 Å². The number of allylic oxidation sites excluding steroid dienone is 1. The van der Waals surface area contributed by atoms with Crippen LogP contribution in [0.1, 0.15) is 169 Å². The topological polar surface area (TPSA) is 155 Å². The summed E-state index contributed by atoms with van der Waals surface area (Å²) in [7, 11) is 30.3. The van der Waals surface area contributed by atoms with Gasteiger partial charge in [0.25, 0.3) is 0 Å². The number of rotatable bonds is 15. The molecule has 110 heavy (non-hydrogen) atoms. The van der Waals surface area contributed by atoms with Gasteiger partial charge in [-0.2, -0.15) is 6.67 Å². The van der Waals surface area contributed by atoms with Crippen LogP contribution >= 0.6 is 19.4 Å². The Kier molecular flexibility index (Phi) is 49.2. The third-order valence-corrected chi connectivity index (χ3v) is 20.6. The Labute approximate surface area is 681 Å². The van der Waals surface area contributed by atoms with Crippen LogP contribution < -0.4 is 9.80 Å². The maximum atomic E-state index is 12.6. The van der Waals surface area contributed by atoms with Crippen LogP contribution in [0.25, 0.3) is 0 Å². The summed E-state index contributed by atoms with van der Waals surface area (Å²) < 4.78 is 47.2. The Morgan fingerprint density at radius 1 is 0.673 bits per heavy atom. The predicted octanol–water partition coefficient (Wildman–Crippen LogP) is 16.6. The molecule has 2 fully saturated rings. The van der Waals surface area contributed by atoms with Gasteiger partial charge in [0, 0.05) is 113 Å². The summed E-state index contributed by atoms with van der Waals surface area (Å²) in [6.07, 6.45) is 30.8. The number of hydrogen-bond donors (Lipinski definition) is 2. The molecule has 1 aliphatic carbocycles. The average molecular weight is 1630 g/mol. The summed E-state index contributed by atoms with van der Waals surface area (Å²) in [6.45, 7) is 34.5. The molecule has 1 saturated carbocycles. The number of aryl methyl sites for hydroxylation is 6. The molecular weight excluding hydrogens is 1500 g/mol. The van der Waals surface area contributed by atoms with Crippen molar-refractivity contribution in [1.29, 1.82) is 0 Å². The molecular formula is C88H122B5Cl2N2O12Ru-2. The third-order valence-electron chi connectivity index (χ3n) is 18.7. The summed E-state index contributed by atoms with van der Waals surface area (Å²) in [5.74, 6) is 10.8. The third kappa shape index (κ3) is 38.9. The van der Waals surface area contributed by atoms with Crippen LogP contribution in [-0.2, 0) is 61.0 Å². The van der Waals surface area contributed by atoms with Crippen molar-refractivity contribution in [2.45, 2.75) is 233 Å². The fourth-order valence-corrected chi connectivity index (χ4v) is 15.9. The molecule has 22 heteroatoms. The molecule has 0 spiro atoms. The number of aliphatic hydroxyl groups is 2. The van der Waals surface area contributed by atoms with Gasteiger partial charge in [-0.15, -0.1) is 6.58 Å². The van der Waals surface area contributed by atoms with E-state index in [1.165, 1.54) is 77.2 Å². The van der Waals surface area contributed by atoms with E-state index in [0.29, 0.717) is 56.3 Å². The number of fused-ring (bicyclic) bond motifs is 4. The molecule has 0 unspecified atom stereocenters. The number of esters is 2. The molecule has 595 valence electrons. The van der Waals surface area contributed by atoms with Crippen LogP contribution in [0.4, 0.5) is 11.4 Å². The second-order valence-electron chi connectivity index (χ2n) is 28.9. The van der Waals surface area contributed by atoms with Crippen molar-refractivity contribution in [2.75, 3.05) is 50.7 Å². The zero-order valence-corrected chi connectivity index (χ0v) is 69.8. The van der Waals surface area contributed by atoms with Crippen LogP contribution in [0, 0.1) is 97.1 Å². The van der Waals surface area contributed by atoms with Crippen LogP contribution in [0.2, 0.25) is 0 Å². The maximum absolute atomic E-state index is 12.6. The molecule has 12 atom stereocenters. The number of benzene rings is 3. The molecule has 3 aromatic carbocycles. The van der Waals surface area contributed by atoms with Gasteiger partial charge in [-0.25, -0.2) is 9.59 Å². The second-order valence-corrected chi connectivity index (χ2v) is 34.6. The zero-order chi connectivity index (χ0) is 78.9. The monoisotopic (exact) mass is 1630 g/mol. The summed E-state index contributed by atoms with van der Waals surface area (Å²) in [4.78, 5) is 29.6. The number of ether oxygens (including phenoxy) is 8. The molecule has 9 rings (SSSR count). The van der Waals surface area contributed by atoms with E-state index in [0.717, 1.165) is 81.2 Å². The van der Waals surface area contributed by atoms with Gasteiger partial charge in [0.15, 0.2) is 0 Å². The Morgan fingerprint density at radius 3 is 1.49 bits per heavy atom. The molecule has 14 nitrogen and oxygen atoms in total. The molecule has 5 heterocycles. The number of anilines is 2. The van der Waals surface area contributed by atoms with E-state index in [9.17, 15) is 19.8 Å². The summed E-state index contributed by atoms with van der Waals surface area (Å²) >= 11 is -1.61. The van der Waals surface area contributed by atoms with E-state index in [1.54, 1.807) is 20.3 Å². The van der Waals surface area contributed by atoms with Gasteiger partial charge in [-0.1, -0.05) is 179 Å². The molecule has 1 saturated heterocycles. The number of hydrogen-bond acceptors (Lipinski definition) is 14. The van der Waals surface area contributed by atoms with E-state index in [-0.39, 0.29) is 65.1 Å². The number of cyclic esters (lactones) is 2. The van der Waals surface area contributed by atoms with Crippen LogP contribution in [-0.4, -0.2) is 165 Å². The van der Waals surface area contributed by atoms with Gasteiger partial charge in [0.05, 0.1) is 36.6 Å². The van der Waals surface area contributed by atoms with Crippen LogP contribution in [0.15, 0.2) is 152 Å². The van der Waals surface area contributed by atoms with E-state index < -0.39 is 56.3 Å². The first-order valence-corrected chi connectivity index (χ1v) is 43.3. The molecule has 0 amide bonds. The van der Waals surface area contributed by atoms with Gasteiger partial charge >= 0.3 is 85.3 Å². The zero-order valence-electron chi connectivity index (χ0n) is 66.5. The van der Waals surface area contributed by atoms with Gasteiger partial charge in [-0.3, -0.25) is 0 Å². The van der Waals surface area contributed by atoms with E-state index in [4.69, 9.17) is 80.5 Å². The number of methoxy groups -OCH3 is 2. The summed E-state index contributed by atoms with van der Waals surface area (Å²) in [6, 6.07) is 19.0. The van der Waals surface area contributed by atoms with Crippen molar-refractivity contribution in [1.82, 2.24) is 0 Å². The molecule has 3 aromatic rings. The fourth-order valence-electron chi connectivity index (χ4n) is 14.1. The van der Waals surface area contributed by atoms with Crippen molar-refractivity contribution >= 4 is 84.0 Å². The van der Waals surface area contributed by atoms with Crippen molar-refractivity contribution < 1.29 is 71.2 Å². The Morgan fingerprint density at radius 2 is 1.09 bits per heavy atom. The van der Waals surface area contributed by atoms with Crippen LogP contribution in [0.5, 0.6) is 0 Å². The van der Waals surface area contributed by atoms with Crippen LogP contribution in [0.3, 0.4) is 0 Å². The van der Waals surface area contributed by atoms with Gasteiger partial charge < -0.3 is 65.3 Å². The van der Waals surface area contributed by atoms with E-state index in [2.05, 4.69) is 158 Å². The molecule has 6 aliphatic rings. The first kappa shape index (κ1) is 98.5. The fraction of sp³-hybridized carbons (Fsp3) is 0.511. The Bertz CT molecular complexity index is 3490. The molecule has 0 aromatic heterocycles. The molecule has 4 bridgehead atoms. The Hall–Kier alpha value is -5.68. The normalized spacial score (nSPS) is 24.7. The number of carbonyl (C=O) groups excluding carboxylic acids is 2. The first-order valence-electron chi connectivity index (χ1n) is 37.8. The van der Waals surface area contributed by atoms with Gasteiger partial charge in [-0.05, 0) is 146 Å². The van der Waals surface area contributed by atoms with Crippen molar-refractivity contribution in [2.24, 2.45) is 17.8 Å². The average Bonchev–Trinajstić information content (AvgIpc) is 1.62. The number of nitrogens with zero attached hydrogens (tertiary/aromatic N) is 2. The van der Waals surface area contributed by atoms with E-state index >= 15 is 0 Å². The van der Waals surface area contributed by atoms with Crippen molar-refractivity contribution in [3.8, 4) is 23.7 Å². The molecule has 7 radical (unpaired) electrons. The van der Waals surface area contributed by atoms with Crippen molar-refractivity contribution in [3.05, 3.63) is 205 Å².